The second-order valence-electron chi connectivity index (χ2n) is 5.96. The number of aromatic hydroxyl groups is 1. The molecule has 0 atom stereocenters. The maximum atomic E-state index is 9.75. The lowest BCUT2D eigenvalue weighted by atomic mass is 10.1. The SMILES string of the molecule is Oc1cccc(-c2cccc3nc(Nc4ccc5cn[nH]c5c4)nn23)c1. The van der Waals surface area contributed by atoms with Crippen molar-refractivity contribution in [3.05, 3.63) is 66.9 Å². The van der Waals surface area contributed by atoms with Crippen LogP contribution < -0.4 is 5.32 Å². The number of H-pyrrole nitrogens is 1. The maximum Gasteiger partial charge on any atom is 0.247 e. The summed E-state index contributed by atoms with van der Waals surface area (Å²) in [5, 5.41) is 25.6. The number of aromatic amines is 1. The average molecular weight is 342 g/mol. The van der Waals surface area contributed by atoms with Gasteiger partial charge < -0.3 is 10.4 Å². The fourth-order valence-electron chi connectivity index (χ4n) is 2.99. The van der Waals surface area contributed by atoms with Crippen molar-refractivity contribution in [2.45, 2.75) is 0 Å². The van der Waals surface area contributed by atoms with Crippen LogP contribution >= 0.6 is 0 Å². The number of anilines is 2. The van der Waals surface area contributed by atoms with E-state index in [0.717, 1.165) is 33.5 Å². The molecule has 0 fully saturated rings. The van der Waals surface area contributed by atoms with Crippen LogP contribution in [0.3, 0.4) is 0 Å². The summed E-state index contributed by atoms with van der Waals surface area (Å²) in [6.07, 6.45) is 1.78. The van der Waals surface area contributed by atoms with Crippen LogP contribution in [0.15, 0.2) is 66.9 Å². The molecule has 3 aromatic heterocycles. The molecule has 0 unspecified atom stereocenters. The van der Waals surface area contributed by atoms with Gasteiger partial charge in [-0.3, -0.25) is 5.10 Å². The van der Waals surface area contributed by atoms with Crippen molar-refractivity contribution in [3.63, 3.8) is 0 Å². The Balaban J connectivity index is 1.56. The Morgan fingerprint density at radius 1 is 1.00 bits per heavy atom. The minimum atomic E-state index is 0.214. The van der Waals surface area contributed by atoms with Crippen LogP contribution in [0.25, 0.3) is 27.8 Å². The number of nitrogens with zero attached hydrogens (tertiary/aromatic N) is 4. The number of hydrogen-bond donors (Lipinski definition) is 3. The zero-order valence-electron chi connectivity index (χ0n) is 13.6. The number of phenolic OH excluding ortho intramolecular Hbond substituents is 1. The van der Waals surface area contributed by atoms with Crippen LogP contribution in [0, 0.1) is 0 Å². The molecule has 0 spiro atoms. The highest BCUT2D eigenvalue weighted by Crippen LogP contribution is 2.25. The Morgan fingerprint density at radius 3 is 2.85 bits per heavy atom. The number of hydrogen-bond acceptors (Lipinski definition) is 5. The van der Waals surface area contributed by atoms with Crippen LogP contribution in [0.1, 0.15) is 0 Å². The molecule has 0 aliphatic heterocycles. The summed E-state index contributed by atoms with van der Waals surface area (Å²) in [7, 11) is 0. The van der Waals surface area contributed by atoms with E-state index in [2.05, 4.69) is 25.6 Å². The van der Waals surface area contributed by atoms with Crippen molar-refractivity contribution in [2.75, 3.05) is 5.32 Å². The average Bonchev–Trinajstić information content (AvgIpc) is 3.27. The number of fused-ring (bicyclic) bond motifs is 2. The van der Waals surface area contributed by atoms with Gasteiger partial charge in [0.05, 0.1) is 17.4 Å². The standard InChI is InChI=1S/C19H14N6O/c26-15-4-1-3-12(9-15)17-5-2-6-18-22-19(24-25(17)18)21-14-8-7-13-11-20-23-16(13)10-14/h1-11,26H,(H,20,23)(H,21,24). The number of nitrogens with one attached hydrogen (secondary N) is 2. The molecule has 0 bridgehead atoms. The molecule has 0 saturated carbocycles. The van der Waals surface area contributed by atoms with Crippen molar-refractivity contribution in [1.82, 2.24) is 24.8 Å². The highest BCUT2D eigenvalue weighted by molar-refractivity contribution is 5.82. The molecule has 126 valence electrons. The van der Waals surface area contributed by atoms with Gasteiger partial charge in [0.1, 0.15) is 5.75 Å². The zero-order valence-corrected chi connectivity index (χ0v) is 13.6. The van der Waals surface area contributed by atoms with Gasteiger partial charge in [0.15, 0.2) is 5.65 Å². The van der Waals surface area contributed by atoms with Crippen molar-refractivity contribution in [3.8, 4) is 17.0 Å². The molecule has 3 heterocycles. The number of aromatic nitrogens is 5. The Hall–Kier alpha value is -3.87. The van der Waals surface area contributed by atoms with Gasteiger partial charge in [-0.25, -0.2) is 4.52 Å². The Labute approximate surface area is 147 Å². The maximum absolute atomic E-state index is 9.75. The predicted molar refractivity (Wildman–Crippen MR) is 99.5 cm³/mol. The van der Waals surface area contributed by atoms with Gasteiger partial charge in [-0.05, 0) is 42.5 Å². The first kappa shape index (κ1) is 14.5. The normalized spacial score (nSPS) is 11.2. The van der Waals surface area contributed by atoms with Crippen molar-refractivity contribution in [1.29, 1.82) is 0 Å². The topological polar surface area (TPSA) is 91.1 Å². The second-order valence-corrected chi connectivity index (χ2v) is 5.96. The molecule has 2 aromatic carbocycles. The van der Waals surface area contributed by atoms with E-state index in [0.29, 0.717) is 5.95 Å². The summed E-state index contributed by atoms with van der Waals surface area (Å²) in [5.74, 6) is 0.710. The summed E-state index contributed by atoms with van der Waals surface area (Å²) in [6.45, 7) is 0. The van der Waals surface area contributed by atoms with Crippen molar-refractivity contribution >= 4 is 28.2 Å². The van der Waals surface area contributed by atoms with Gasteiger partial charge in [0.25, 0.3) is 0 Å². The van der Waals surface area contributed by atoms with Crippen LogP contribution in [0.4, 0.5) is 11.6 Å². The van der Waals surface area contributed by atoms with Gasteiger partial charge in [-0.15, -0.1) is 5.10 Å². The van der Waals surface area contributed by atoms with Crippen LogP contribution in [0.5, 0.6) is 5.75 Å². The van der Waals surface area contributed by atoms with E-state index < -0.39 is 0 Å². The molecule has 5 rings (SSSR count). The molecule has 26 heavy (non-hydrogen) atoms. The Kier molecular flexibility index (Phi) is 3.11. The molecule has 0 radical (unpaired) electrons. The number of phenols is 1. The summed E-state index contributed by atoms with van der Waals surface area (Å²) in [5.41, 5.74) is 4.25. The van der Waals surface area contributed by atoms with E-state index in [1.807, 2.05) is 42.5 Å². The third kappa shape index (κ3) is 2.42. The monoisotopic (exact) mass is 342 g/mol. The van der Waals surface area contributed by atoms with Crippen molar-refractivity contribution < 1.29 is 5.11 Å². The molecule has 7 nitrogen and oxygen atoms in total. The Bertz CT molecular complexity index is 1240. The van der Waals surface area contributed by atoms with Gasteiger partial charge in [-0.2, -0.15) is 10.1 Å². The van der Waals surface area contributed by atoms with E-state index in [-0.39, 0.29) is 5.75 Å². The van der Waals surface area contributed by atoms with E-state index in [4.69, 9.17) is 0 Å². The molecule has 0 aliphatic rings. The highest BCUT2D eigenvalue weighted by atomic mass is 16.3. The van der Waals surface area contributed by atoms with E-state index in [1.54, 1.807) is 28.9 Å². The van der Waals surface area contributed by atoms with Gasteiger partial charge in [0, 0.05) is 16.6 Å². The van der Waals surface area contributed by atoms with E-state index >= 15 is 0 Å². The largest absolute Gasteiger partial charge is 0.508 e. The summed E-state index contributed by atoms with van der Waals surface area (Å²) in [4.78, 5) is 4.54. The lowest BCUT2D eigenvalue weighted by Gasteiger charge is -2.04. The van der Waals surface area contributed by atoms with Crippen LogP contribution in [-0.2, 0) is 0 Å². The molecular formula is C19H14N6O. The lowest BCUT2D eigenvalue weighted by molar-refractivity contribution is 0.475. The Morgan fingerprint density at radius 2 is 1.92 bits per heavy atom. The fourth-order valence-corrected chi connectivity index (χ4v) is 2.99. The number of benzene rings is 2. The molecule has 0 aliphatic carbocycles. The first-order chi connectivity index (χ1) is 12.8. The van der Waals surface area contributed by atoms with Crippen molar-refractivity contribution in [2.24, 2.45) is 0 Å². The zero-order chi connectivity index (χ0) is 17.5. The van der Waals surface area contributed by atoms with E-state index in [9.17, 15) is 5.11 Å². The predicted octanol–water partition coefficient (Wildman–Crippen LogP) is 3.72. The van der Waals surface area contributed by atoms with Crippen LogP contribution in [-0.4, -0.2) is 29.9 Å². The minimum absolute atomic E-state index is 0.214. The van der Waals surface area contributed by atoms with Gasteiger partial charge in [-0.1, -0.05) is 18.2 Å². The third-order valence-electron chi connectivity index (χ3n) is 4.20. The molecule has 3 N–H and O–H groups in total. The van der Waals surface area contributed by atoms with E-state index in [1.165, 1.54) is 0 Å². The summed E-state index contributed by atoms with van der Waals surface area (Å²) in [6, 6.07) is 18.7. The minimum Gasteiger partial charge on any atom is -0.508 e. The first-order valence-corrected chi connectivity index (χ1v) is 8.12. The third-order valence-corrected chi connectivity index (χ3v) is 4.20. The quantitative estimate of drug-likeness (QED) is 0.465. The van der Waals surface area contributed by atoms with Gasteiger partial charge in [0.2, 0.25) is 5.95 Å². The molecule has 5 aromatic rings. The first-order valence-electron chi connectivity index (χ1n) is 8.12. The number of rotatable bonds is 3. The molecule has 0 amide bonds. The second kappa shape index (κ2) is 5.59. The highest BCUT2D eigenvalue weighted by Gasteiger charge is 2.10. The lowest BCUT2D eigenvalue weighted by Crippen LogP contribution is -1.95. The number of pyridine rings is 1. The van der Waals surface area contributed by atoms with Crippen LogP contribution in [0.2, 0.25) is 0 Å². The molecular weight excluding hydrogens is 328 g/mol. The summed E-state index contributed by atoms with van der Waals surface area (Å²) >= 11 is 0. The molecule has 0 saturated heterocycles. The summed E-state index contributed by atoms with van der Waals surface area (Å²) < 4.78 is 1.76. The van der Waals surface area contributed by atoms with Gasteiger partial charge >= 0.3 is 0 Å². The smallest absolute Gasteiger partial charge is 0.247 e. The fraction of sp³-hybridized carbons (Fsp3) is 0. The molecule has 7 heteroatoms.